The van der Waals surface area contributed by atoms with E-state index in [4.69, 9.17) is 0 Å². The lowest BCUT2D eigenvalue weighted by molar-refractivity contribution is 0.199. The second kappa shape index (κ2) is 4.79. The highest BCUT2D eigenvalue weighted by atomic mass is 32.1. The van der Waals surface area contributed by atoms with Crippen molar-refractivity contribution in [2.45, 2.75) is 19.4 Å². The average molecular weight is 293 g/mol. The normalized spacial score (nSPS) is 13.8. The highest BCUT2D eigenvalue weighted by Crippen LogP contribution is 2.38. The van der Waals surface area contributed by atoms with Gasteiger partial charge in [0.1, 0.15) is 11.1 Å². The van der Waals surface area contributed by atoms with Crippen LogP contribution in [0.4, 0.5) is 0 Å². The monoisotopic (exact) mass is 293 g/mol. The van der Waals surface area contributed by atoms with Gasteiger partial charge < -0.3 is 5.11 Å². The van der Waals surface area contributed by atoms with Crippen LogP contribution in [0.5, 0.6) is 0 Å². The zero-order valence-corrected chi connectivity index (χ0v) is 12.5. The molecule has 0 aliphatic heterocycles. The first-order chi connectivity index (χ1) is 10.2. The predicted octanol–water partition coefficient (Wildman–Crippen LogP) is 4.43. The first-order valence-corrected chi connectivity index (χ1v) is 7.95. The lowest BCUT2D eigenvalue weighted by atomic mass is 10.0. The van der Waals surface area contributed by atoms with E-state index in [1.165, 1.54) is 33.6 Å². The van der Waals surface area contributed by atoms with E-state index in [0.29, 0.717) is 0 Å². The van der Waals surface area contributed by atoms with Crippen molar-refractivity contribution in [3.05, 3.63) is 64.0 Å². The molecule has 4 rings (SSSR count). The summed E-state index contributed by atoms with van der Waals surface area (Å²) in [5, 5.41) is 12.4. The van der Waals surface area contributed by atoms with E-state index in [1.807, 2.05) is 5.38 Å². The van der Waals surface area contributed by atoms with Gasteiger partial charge >= 0.3 is 0 Å². The number of thiazole rings is 1. The molecule has 104 valence electrons. The molecule has 3 heteroatoms. The van der Waals surface area contributed by atoms with Crippen LogP contribution in [0.15, 0.2) is 47.8 Å². The molecule has 1 N–H and O–H groups in total. The fraction of sp³-hybridized carbons (Fsp3) is 0.167. The lowest BCUT2D eigenvalue weighted by Crippen LogP contribution is -1.89. The van der Waals surface area contributed by atoms with Crippen LogP contribution < -0.4 is 0 Å². The molecule has 0 spiro atoms. The Morgan fingerprint density at radius 1 is 1.10 bits per heavy atom. The maximum absolute atomic E-state index is 9.61. The average Bonchev–Trinajstić information content (AvgIpc) is 3.11. The van der Waals surface area contributed by atoms with Gasteiger partial charge in [-0.2, -0.15) is 0 Å². The molecule has 3 aromatic rings. The molecule has 2 aromatic carbocycles. The number of aliphatic hydroxyl groups excluding tert-OH is 1. The Bertz CT molecular complexity index is 820. The first kappa shape index (κ1) is 12.7. The third-order valence-corrected chi connectivity index (χ3v) is 4.98. The van der Waals surface area contributed by atoms with Gasteiger partial charge in [0, 0.05) is 10.9 Å². The van der Waals surface area contributed by atoms with Gasteiger partial charge in [-0.05, 0) is 41.7 Å². The number of aromatic nitrogens is 1. The largest absolute Gasteiger partial charge is 0.386 e. The van der Waals surface area contributed by atoms with Crippen molar-refractivity contribution in [2.75, 3.05) is 0 Å². The zero-order chi connectivity index (χ0) is 14.4. The molecule has 0 radical (unpaired) electrons. The van der Waals surface area contributed by atoms with Crippen molar-refractivity contribution in [1.29, 1.82) is 0 Å². The second-order valence-corrected chi connectivity index (χ2v) is 6.34. The predicted molar refractivity (Wildman–Crippen MR) is 86.4 cm³/mol. The lowest BCUT2D eigenvalue weighted by Gasteiger charge is -2.03. The molecule has 1 aromatic heterocycles. The van der Waals surface area contributed by atoms with Crippen LogP contribution in [0.2, 0.25) is 0 Å². The standard InChI is InChI=1S/C18H15NOS/c1-11(20)18-19-17(10-21-18)13-6-7-16-14(9-13)8-12-4-2-3-5-15(12)16/h2-7,9-11,20H,8H2,1H3. The summed E-state index contributed by atoms with van der Waals surface area (Å²) in [7, 11) is 0. The van der Waals surface area contributed by atoms with Crippen molar-refractivity contribution in [1.82, 2.24) is 4.98 Å². The van der Waals surface area contributed by atoms with Crippen LogP contribution in [0.1, 0.15) is 29.2 Å². The molecular formula is C18H15NOS. The molecule has 1 heterocycles. The third kappa shape index (κ3) is 2.09. The van der Waals surface area contributed by atoms with Gasteiger partial charge in [0.2, 0.25) is 0 Å². The summed E-state index contributed by atoms with van der Waals surface area (Å²) < 4.78 is 0. The van der Waals surface area contributed by atoms with E-state index in [0.717, 1.165) is 22.7 Å². The van der Waals surface area contributed by atoms with Crippen molar-refractivity contribution >= 4 is 11.3 Å². The molecular weight excluding hydrogens is 278 g/mol. The SMILES string of the molecule is CC(O)c1nc(-c2ccc3c(c2)Cc2ccccc2-3)cs1. The van der Waals surface area contributed by atoms with Crippen LogP contribution >= 0.6 is 11.3 Å². The van der Waals surface area contributed by atoms with E-state index in [1.54, 1.807) is 6.92 Å². The van der Waals surface area contributed by atoms with E-state index in [-0.39, 0.29) is 0 Å². The van der Waals surface area contributed by atoms with Crippen LogP contribution in [-0.4, -0.2) is 10.1 Å². The molecule has 0 fully saturated rings. The minimum atomic E-state index is -0.498. The molecule has 0 amide bonds. The highest BCUT2D eigenvalue weighted by Gasteiger charge is 2.18. The number of nitrogens with zero attached hydrogens (tertiary/aromatic N) is 1. The molecule has 0 saturated heterocycles. The van der Waals surface area contributed by atoms with E-state index >= 15 is 0 Å². The minimum absolute atomic E-state index is 0.498. The summed E-state index contributed by atoms with van der Waals surface area (Å²) in [5.41, 5.74) is 7.52. The maximum Gasteiger partial charge on any atom is 0.122 e. The topological polar surface area (TPSA) is 33.1 Å². The summed E-state index contributed by atoms with van der Waals surface area (Å²) in [6.07, 6.45) is 0.495. The zero-order valence-electron chi connectivity index (χ0n) is 11.7. The number of hydrogen-bond donors (Lipinski definition) is 1. The molecule has 21 heavy (non-hydrogen) atoms. The van der Waals surface area contributed by atoms with Gasteiger partial charge in [-0.1, -0.05) is 36.4 Å². The number of aliphatic hydroxyl groups is 1. The van der Waals surface area contributed by atoms with Crippen molar-refractivity contribution in [3.63, 3.8) is 0 Å². The van der Waals surface area contributed by atoms with E-state index in [9.17, 15) is 5.11 Å². The summed E-state index contributed by atoms with van der Waals surface area (Å²) in [6.45, 7) is 1.75. The molecule has 0 saturated carbocycles. The van der Waals surface area contributed by atoms with Gasteiger partial charge in [0.15, 0.2) is 0 Å². The molecule has 1 atom stereocenters. The number of benzene rings is 2. The van der Waals surface area contributed by atoms with Crippen LogP contribution in [0, 0.1) is 0 Å². The molecule has 0 bridgehead atoms. The van der Waals surface area contributed by atoms with E-state index < -0.39 is 6.10 Å². The van der Waals surface area contributed by atoms with Gasteiger partial charge in [0.25, 0.3) is 0 Å². The van der Waals surface area contributed by atoms with Crippen LogP contribution in [0.3, 0.4) is 0 Å². The Balaban J connectivity index is 1.76. The number of rotatable bonds is 2. The molecule has 2 nitrogen and oxygen atoms in total. The fourth-order valence-electron chi connectivity index (χ4n) is 2.92. The van der Waals surface area contributed by atoms with Crippen LogP contribution in [0.25, 0.3) is 22.4 Å². The van der Waals surface area contributed by atoms with Crippen LogP contribution in [-0.2, 0) is 6.42 Å². The summed E-state index contributed by atoms with van der Waals surface area (Å²) in [5.74, 6) is 0. The molecule has 1 aliphatic rings. The Kier molecular flexibility index (Phi) is 2.91. The summed E-state index contributed by atoms with van der Waals surface area (Å²) in [6, 6.07) is 15.1. The van der Waals surface area contributed by atoms with Gasteiger partial charge in [0.05, 0.1) is 5.69 Å². The third-order valence-electron chi connectivity index (χ3n) is 3.97. The Morgan fingerprint density at radius 3 is 2.71 bits per heavy atom. The van der Waals surface area contributed by atoms with Gasteiger partial charge in [-0.15, -0.1) is 11.3 Å². The quantitative estimate of drug-likeness (QED) is 0.593. The number of hydrogen-bond acceptors (Lipinski definition) is 3. The summed E-state index contributed by atoms with van der Waals surface area (Å²) in [4.78, 5) is 4.52. The summed E-state index contributed by atoms with van der Waals surface area (Å²) >= 11 is 1.51. The van der Waals surface area contributed by atoms with Crippen molar-refractivity contribution in [2.24, 2.45) is 0 Å². The smallest absolute Gasteiger partial charge is 0.122 e. The Morgan fingerprint density at radius 2 is 1.90 bits per heavy atom. The molecule has 1 aliphatic carbocycles. The van der Waals surface area contributed by atoms with Gasteiger partial charge in [-0.25, -0.2) is 4.98 Å². The van der Waals surface area contributed by atoms with Crippen molar-refractivity contribution in [3.8, 4) is 22.4 Å². The number of fused-ring (bicyclic) bond motifs is 3. The minimum Gasteiger partial charge on any atom is -0.386 e. The Labute approximate surface area is 127 Å². The van der Waals surface area contributed by atoms with E-state index in [2.05, 4.69) is 47.4 Å². The van der Waals surface area contributed by atoms with Gasteiger partial charge in [-0.3, -0.25) is 0 Å². The Hall–Kier alpha value is -1.97. The van der Waals surface area contributed by atoms with Crippen molar-refractivity contribution < 1.29 is 5.11 Å². The fourth-order valence-corrected chi connectivity index (χ4v) is 3.69. The second-order valence-electron chi connectivity index (χ2n) is 5.45. The highest BCUT2D eigenvalue weighted by molar-refractivity contribution is 7.10. The first-order valence-electron chi connectivity index (χ1n) is 7.07. The molecule has 1 unspecified atom stereocenters. The maximum atomic E-state index is 9.61.